The molecule has 1 saturated heterocycles. The quantitative estimate of drug-likeness (QED) is 0.921. The van der Waals surface area contributed by atoms with Crippen LogP contribution < -0.4 is 5.73 Å². The van der Waals surface area contributed by atoms with E-state index in [-0.39, 0.29) is 11.1 Å². The Balaban J connectivity index is 2.02. The molecule has 0 spiro atoms. The monoisotopic (exact) mass is 294 g/mol. The third-order valence-electron chi connectivity index (χ3n) is 5.41. The Kier molecular flexibility index (Phi) is 4.02. The number of rotatable bonds is 3. The van der Waals surface area contributed by atoms with Gasteiger partial charge in [-0.05, 0) is 57.3 Å². The summed E-state index contributed by atoms with van der Waals surface area (Å²) >= 11 is 0. The topological polar surface area (TPSA) is 29.3 Å². The van der Waals surface area contributed by atoms with Crippen molar-refractivity contribution in [2.24, 2.45) is 5.73 Å². The summed E-state index contributed by atoms with van der Waals surface area (Å²) in [5.74, 6) is -0.968. The van der Waals surface area contributed by atoms with Gasteiger partial charge in [0.25, 0.3) is 0 Å². The summed E-state index contributed by atoms with van der Waals surface area (Å²) in [6, 6.07) is 2.25. The minimum Gasteiger partial charge on any atom is -0.322 e. The van der Waals surface area contributed by atoms with Crippen molar-refractivity contribution in [3.63, 3.8) is 0 Å². The van der Waals surface area contributed by atoms with Gasteiger partial charge in [0, 0.05) is 11.1 Å². The van der Waals surface area contributed by atoms with Crippen LogP contribution in [0.25, 0.3) is 0 Å². The predicted octanol–water partition coefficient (Wildman–Crippen LogP) is 3.68. The Labute approximate surface area is 125 Å². The molecule has 1 saturated carbocycles. The minimum atomic E-state index is -0.585. The average Bonchev–Trinajstić information content (AvgIpc) is 3.13. The SMILES string of the molecule is Cc1ccc(F)c(C(N)C2(N3CCCC3)CCCC2)c1F. The number of halogens is 2. The summed E-state index contributed by atoms with van der Waals surface area (Å²) in [4.78, 5) is 2.39. The van der Waals surface area contributed by atoms with Crippen molar-refractivity contribution in [1.82, 2.24) is 4.90 Å². The molecule has 1 heterocycles. The minimum absolute atomic E-state index is 0.0869. The van der Waals surface area contributed by atoms with E-state index >= 15 is 0 Å². The Bertz CT molecular complexity index is 518. The van der Waals surface area contributed by atoms with E-state index in [1.54, 1.807) is 6.92 Å². The fourth-order valence-corrected chi connectivity index (χ4v) is 4.21. The molecule has 2 aliphatic rings. The Hall–Kier alpha value is -1.00. The Morgan fingerprint density at radius 3 is 2.33 bits per heavy atom. The van der Waals surface area contributed by atoms with Crippen LogP contribution in [0.2, 0.25) is 0 Å². The van der Waals surface area contributed by atoms with Crippen LogP contribution in [-0.4, -0.2) is 23.5 Å². The van der Waals surface area contributed by atoms with E-state index in [1.807, 2.05) is 0 Å². The average molecular weight is 294 g/mol. The molecular formula is C17H24F2N2. The number of likely N-dealkylation sites (tertiary alicyclic amines) is 1. The normalized spacial score (nSPS) is 23.6. The van der Waals surface area contributed by atoms with Crippen molar-refractivity contribution in [3.05, 3.63) is 34.9 Å². The molecule has 2 N–H and O–H groups in total. The maximum atomic E-state index is 14.5. The van der Waals surface area contributed by atoms with E-state index in [2.05, 4.69) is 4.90 Å². The smallest absolute Gasteiger partial charge is 0.133 e. The standard InChI is InChI=1S/C17H24F2N2/c1-12-6-7-13(18)14(15(12)19)16(20)17(8-2-3-9-17)21-10-4-5-11-21/h6-7,16H,2-5,8-11,20H2,1H3. The molecule has 1 atom stereocenters. The first kappa shape index (κ1) is 14.9. The summed E-state index contributed by atoms with van der Waals surface area (Å²) in [5, 5.41) is 0. The molecule has 1 aliphatic heterocycles. The third kappa shape index (κ3) is 2.38. The van der Waals surface area contributed by atoms with Crippen molar-refractivity contribution in [2.45, 2.75) is 57.0 Å². The first-order chi connectivity index (χ1) is 10.1. The number of nitrogens with zero attached hydrogens (tertiary/aromatic N) is 1. The first-order valence-electron chi connectivity index (χ1n) is 8.01. The van der Waals surface area contributed by atoms with Crippen LogP contribution in [0.1, 0.15) is 55.7 Å². The van der Waals surface area contributed by atoms with Crippen LogP contribution in [-0.2, 0) is 0 Å². The van der Waals surface area contributed by atoms with Gasteiger partial charge in [-0.15, -0.1) is 0 Å². The van der Waals surface area contributed by atoms with Gasteiger partial charge in [-0.25, -0.2) is 8.78 Å². The summed E-state index contributed by atoms with van der Waals surface area (Å²) < 4.78 is 28.7. The molecule has 2 nitrogen and oxygen atoms in total. The second-order valence-corrected chi connectivity index (χ2v) is 6.57. The predicted molar refractivity (Wildman–Crippen MR) is 80.0 cm³/mol. The van der Waals surface area contributed by atoms with Gasteiger partial charge in [-0.2, -0.15) is 0 Å². The molecule has 116 valence electrons. The molecule has 0 radical (unpaired) electrons. The number of benzene rings is 1. The molecule has 1 aliphatic carbocycles. The highest BCUT2D eigenvalue weighted by molar-refractivity contribution is 5.32. The van der Waals surface area contributed by atoms with Crippen molar-refractivity contribution in [1.29, 1.82) is 0 Å². The van der Waals surface area contributed by atoms with Gasteiger partial charge >= 0.3 is 0 Å². The van der Waals surface area contributed by atoms with Crippen molar-refractivity contribution in [3.8, 4) is 0 Å². The lowest BCUT2D eigenvalue weighted by Gasteiger charge is -2.44. The molecule has 21 heavy (non-hydrogen) atoms. The van der Waals surface area contributed by atoms with Gasteiger partial charge in [-0.3, -0.25) is 4.90 Å². The second kappa shape index (κ2) is 5.65. The number of hydrogen-bond acceptors (Lipinski definition) is 2. The number of aryl methyl sites for hydroxylation is 1. The van der Waals surface area contributed by atoms with Gasteiger partial charge in [0.15, 0.2) is 0 Å². The van der Waals surface area contributed by atoms with Crippen molar-refractivity contribution < 1.29 is 8.78 Å². The molecule has 1 aromatic carbocycles. The molecule has 0 aromatic heterocycles. The van der Waals surface area contributed by atoms with Crippen molar-refractivity contribution in [2.75, 3.05) is 13.1 Å². The van der Waals surface area contributed by atoms with Crippen LogP contribution in [0.4, 0.5) is 8.78 Å². The highest BCUT2D eigenvalue weighted by Gasteiger charge is 2.47. The zero-order valence-corrected chi connectivity index (χ0v) is 12.7. The van der Waals surface area contributed by atoms with E-state index in [0.717, 1.165) is 51.6 Å². The van der Waals surface area contributed by atoms with Crippen LogP contribution >= 0.6 is 0 Å². The zero-order valence-electron chi connectivity index (χ0n) is 12.7. The van der Waals surface area contributed by atoms with Gasteiger partial charge in [0.05, 0.1) is 6.04 Å². The molecule has 3 rings (SSSR count). The fourth-order valence-electron chi connectivity index (χ4n) is 4.21. The zero-order chi connectivity index (χ0) is 15.0. The van der Waals surface area contributed by atoms with Gasteiger partial charge in [0.1, 0.15) is 11.6 Å². The molecule has 0 amide bonds. The van der Waals surface area contributed by atoms with E-state index < -0.39 is 17.7 Å². The number of hydrogen-bond donors (Lipinski definition) is 1. The van der Waals surface area contributed by atoms with E-state index in [4.69, 9.17) is 5.73 Å². The van der Waals surface area contributed by atoms with Crippen LogP contribution in [0, 0.1) is 18.6 Å². The Morgan fingerprint density at radius 1 is 1.10 bits per heavy atom. The third-order valence-corrected chi connectivity index (χ3v) is 5.41. The molecule has 4 heteroatoms. The lowest BCUT2D eigenvalue weighted by atomic mass is 9.81. The van der Waals surface area contributed by atoms with Crippen LogP contribution in [0.15, 0.2) is 12.1 Å². The lowest BCUT2D eigenvalue weighted by molar-refractivity contribution is 0.0892. The summed E-state index contributed by atoms with van der Waals surface area (Å²) in [6.07, 6.45) is 6.40. The van der Waals surface area contributed by atoms with Gasteiger partial charge in [0.2, 0.25) is 0 Å². The highest BCUT2D eigenvalue weighted by Crippen LogP contribution is 2.45. The summed E-state index contributed by atoms with van der Waals surface area (Å²) in [6.45, 7) is 3.67. The highest BCUT2D eigenvalue weighted by atomic mass is 19.1. The summed E-state index contributed by atoms with van der Waals surface area (Å²) in [7, 11) is 0. The largest absolute Gasteiger partial charge is 0.322 e. The fraction of sp³-hybridized carbons (Fsp3) is 0.647. The maximum Gasteiger partial charge on any atom is 0.133 e. The van der Waals surface area contributed by atoms with E-state index in [9.17, 15) is 8.78 Å². The summed E-state index contributed by atoms with van der Waals surface area (Å²) in [5.41, 5.74) is 6.76. The van der Waals surface area contributed by atoms with Gasteiger partial charge in [-0.1, -0.05) is 18.9 Å². The van der Waals surface area contributed by atoms with Crippen molar-refractivity contribution >= 4 is 0 Å². The molecule has 1 unspecified atom stereocenters. The number of nitrogens with two attached hydrogens (primary N) is 1. The first-order valence-corrected chi connectivity index (χ1v) is 8.01. The Morgan fingerprint density at radius 2 is 1.71 bits per heavy atom. The second-order valence-electron chi connectivity index (χ2n) is 6.57. The molecule has 2 fully saturated rings. The molecule has 0 bridgehead atoms. The maximum absolute atomic E-state index is 14.5. The van der Waals surface area contributed by atoms with Crippen LogP contribution in [0.3, 0.4) is 0 Å². The lowest BCUT2D eigenvalue weighted by Crippen LogP contribution is -2.53. The molecule has 1 aromatic rings. The molecular weight excluding hydrogens is 270 g/mol. The van der Waals surface area contributed by atoms with Gasteiger partial charge < -0.3 is 5.73 Å². The van der Waals surface area contributed by atoms with E-state index in [1.165, 1.54) is 12.1 Å². The van der Waals surface area contributed by atoms with E-state index in [0.29, 0.717) is 5.56 Å². The van der Waals surface area contributed by atoms with Crippen LogP contribution in [0.5, 0.6) is 0 Å².